The average Bonchev–Trinajstić information content (AvgIpc) is 2.54. The quantitative estimate of drug-likeness (QED) is 0.870. The largest absolute Gasteiger partial charge is 0.269 e. The van der Waals surface area contributed by atoms with E-state index in [-0.39, 0.29) is 10.5 Å². The van der Waals surface area contributed by atoms with Crippen molar-refractivity contribution >= 4 is 15.7 Å². The van der Waals surface area contributed by atoms with E-state index < -0.39 is 15.8 Å². The standard InChI is InChI=1S/C15H10FN3O2S/c1-19(13-4-2-3-11(7-13)9-17)22(20,21)14-5-6-15(16)12(8-14)10-18/h2-8H,1H3. The average molecular weight is 315 g/mol. The van der Waals surface area contributed by atoms with Crippen molar-refractivity contribution in [1.82, 2.24) is 0 Å². The first-order chi connectivity index (χ1) is 10.4. The summed E-state index contributed by atoms with van der Waals surface area (Å²) < 4.78 is 39.3. The molecule has 0 aliphatic heterocycles. The van der Waals surface area contributed by atoms with Gasteiger partial charge in [0.1, 0.15) is 11.9 Å². The normalized spacial score (nSPS) is 10.5. The molecule has 0 aliphatic carbocycles. The Morgan fingerprint density at radius 2 is 1.82 bits per heavy atom. The summed E-state index contributed by atoms with van der Waals surface area (Å²) in [5.41, 5.74) is 0.263. The molecule has 2 rings (SSSR count). The Balaban J connectivity index is 2.50. The van der Waals surface area contributed by atoms with E-state index in [9.17, 15) is 12.8 Å². The number of nitriles is 2. The van der Waals surface area contributed by atoms with Gasteiger partial charge in [0, 0.05) is 7.05 Å². The van der Waals surface area contributed by atoms with Gasteiger partial charge in [-0.25, -0.2) is 12.8 Å². The number of hydrogen-bond acceptors (Lipinski definition) is 4. The van der Waals surface area contributed by atoms with Crippen LogP contribution >= 0.6 is 0 Å². The fourth-order valence-corrected chi connectivity index (χ4v) is 3.03. The first-order valence-electron chi connectivity index (χ1n) is 6.09. The lowest BCUT2D eigenvalue weighted by Crippen LogP contribution is -2.26. The fraction of sp³-hybridized carbons (Fsp3) is 0.0667. The predicted octanol–water partition coefficient (Wildman–Crippen LogP) is 2.39. The summed E-state index contributed by atoms with van der Waals surface area (Å²) in [6.07, 6.45) is 0. The molecular weight excluding hydrogens is 305 g/mol. The lowest BCUT2D eigenvalue weighted by atomic mass is 10.2. The highest BCUT2D eigenvalue weighted by Crippen LogP contribution is 2.24. The summed E-state index contributed by atoms with van der Waals surface area (Å²) in [5.74, 6) is -0.782. The fourth-order valence-electron chi connectivity index (χ4n) is 1.82. The highest BCUT2D eigenvalue weighted by molar-refractivity contribution is 7.92. The Labute approximate surface area is 127 Å². The molecule has 22 heavy (non-hydrogen) atoms. The first kappa shape index (κ1) is 15.5. The summed E-state index contributed by atoms with van der Waals surface area (Å²) >= 11 is 0. The van der Waals surface area contributed by atoms with Crippen LogP contribution in [0.15, 0.2) is 47.4 Å². The van der Waals surface area contributed by atoms with Crippen LogP contribution < -0.4 is 4.31 Å². The Hall–Kier alpha value is -2.90. The molecular formula is C15H10FN3O2S. The van der Waals surface area contributed by atoms with Crippen LogP contribution in [0.1, 0.15) is 11.1 Å². The zero-order chi connectivity index (χ0) is 16.3. The van der Waals surface area contributed by atoms with Crippen LogP contribution in [0.2, 0.25) is 0 Å². The molecule has 0 fully saturated rings. The van der Waals surface area contributed by atoms with Crippen molar-refractivity contribution in [3.8, 4) is 12.1 Å². The molecule has 0 atom stereocenters. The lowest BCUT2D eigenvalue weighted by Gasteiger charge is -2.19. The van der Waals surface area contributed by atoms with Crippen molar-refractivity contribution in [1.29, 1.82) is 10.5 Å². The molecule has 0 unspecified atom stereocenters. The van der Waals surface area contributed by atoms with Gasteiger partial charge in [-0.15, -0.1) is 0 Å². The summed E-state index contributed by atoms with van der Waals surface area (Å²) in [6.45, 7) is 0. The zero-order valence-corrected chi connectivity index (χ0v) is 12.3. The summed E-state index contributed by atoms with van der Waals surface area (Å²) in [6, 6.07) is 12.6. The Kier molecular flexibility index (Phi) is 4.11. The van der Waals surface area contributed by atoms with Gasteiger partial charge < -0.3 is 0 Å². The van der Waals surface area contributed by atoms with Gasteiger partial charge >= 0.3 is 0 Å². The van der Waals surface area contributed by atoms with E-state index in [1.54, 1.807) is 18.2 Å². The molecule has 0 bridgehead atoms. The number of nitrogens with zero attached hydrogens (tertiary/aromatic N) is 3. The smallest absolute Gasteiger partial charge is 0.264 e. The maximum Gasteiger partial charge on any atom is 0.264 e. The topological polar surface area (TPSA) is 85.0 Å². The summed E-state index contributed by atoms with van der Waals surface area (Å²) in [5, 5.41) is 17.7. The van der Waals surface area contributed by atoms with E-state index in [4.69, 9.17) is 10.5 Å². The monoisotopic (exact) mass is 315 g/mol. The second-order valence-corrected chi connectivity index (χ2v) is 6.36. The van der Waals surface area contributed by atoms with Crippen LogP contribution in [-0.2, 0) is 10.0 Å². The SMILES string of the molecule is CN(c1cccc(C#N)c1)S(=O)(=O)c1ccc(F)c(C#N)c1. The Bertz CT molecular complexity index is 911. The van der Waals surface area contributed by atoms with E-state index in [1.165, 1.54) is 19.2 Å². The van der Waals surface area contributed by atoms with E-state index >= 15 is 0 Å². The number of hydrogen-bond donors (Lipinski definition) is 0. The van der Waals surface area contributed by atoms with Crippen molar-refractivity contribution in [3.05, 3.63) is 59.4 Å². The third-order valence-corrected chi connectivity index (χ3v) is 4.84. The Morgan fingerprint density at radius 1 is 1.09 bits per heavy atom. The molecule has 2 aromatic rings. The molecule has 2 aromatic carbocycles. The van der Waals surface area contributed by atoms with Crippen LogP contribution in [0, 0.1) is 28.5 Å². The highest BCUT2D eigenvalue weighted by Gasteiger charge is 2.22. The number of halogens is 1. The minimum Gasteiger partial charge on any atom is -0.269 e. The lowest BCUT2D eigenvalue weighted by molar-refractivity contribution is 0.592. The van der Waals surface area contributed by atoms with Gasteiger partial charge in [0.05, 0.1) is 27.8 Å². The van der Waals surface area contributed by atoms with Crippen molar-refractivity contribution in [2.45, 2.75) is 4.90 Å². The van der Waals surface area contributed by atoms with Gasteiger partial charge in [-0.3, -0.25) is 4.31 Å². The van der Waals surface area contributed by atoms with E-state index in [2.05, 4.69) is 0 Å². The second kappa shape index (κ2) is 5.84. The number of rotatable bonds is 3. The minimum absolute atomic E-state index is 0.199. The predicted molar refractivity (Wildman–Crippen MR) is 77.9 cm³/mol. The van der Waals surface area contributed by atoms with Gasteiger partial charge in [0.25, 0.3) is 10.0 Å². The van der Waals surface area contributed by atoms with Crippen molar-refractivity contribution < 1.29 is 12.8 Å². The molecule has 5 nitrogen and oxygen atoms in total. The van der Waals surface area contributed by atoms with Crippen LogP contribution in [0.5, 0.6) is 0 Å². The molecule has 0 heterocycles. The van der Waals surface area contributed by atoms with Gasteiger partial charge in [-0.2, -0.15) is 10.5 Å². The number of benzene rings is 2. The molecule has 0 saturated carbocycles. The Morgan fingerprint density at radius 3 is 2.45 bits per heavy atom. The maximum atomic E-state index is 13.3. The molecule has 0 saturated heterocycles. The highest BCUT2D eigenvalue weighted by atomic mass is 32.2. The van der Waals surface area contributed by atoms with E-state index in [1.807, 2.05) is 6.07 Å². The van der Waals surface area contributed by atoms with Gasteiger partial charge in [-0.05, 0) is 36.4 Å². The van der Waals surface area contributed by atoms with Crippen LogP contribution in [0.25, 0.3) is 0 Å². The molecule has 0 N–H and O–H groups in total. The van der Waals surface area contributed by atoms with Gasteiger partial charge in [0.2, 0.25) is 0 Å². The van der Waals surface area contributed by atoms with Crippen LogP contribution in [0.3, 0.4) is 0 Å². The van der Waals surface area contributed by atoms with Crippen molar-refractivity contribution in [2.75, 3.05) is 11.4 Å². The second-order valence-electron chi connectivity index (χ2n) is 4.39. The summed E-state index contributed by atoms with van der Waals surface area (Å²) in [7, 11) is -2.64. The van der Waals surface area contributed by atoms with Crippen molar-refractivity contribution in [2.24, 2.45) is 0 Å². The third-order valence-electron chi connectivity index (χ3n) is 3.06. The molecule has 7 heteroatoms. The van der Waals surface area contributed by atoms with Crippen LogP contribution in [-0.4, -0.2) is 15.5 Å². The summed E-state index contributed by atoms with van der Waals surface area (Å²) in [4.78, 5) is -0.199. The maximum absolute atomic E-state index is 13.3. The number of anilines is 1. The molecule has 0 aliphatic rings. The first-order valence-corrected chi connectivity index (χ1v) is 7.53. The van der Waals surface area contributed by atoms with Gasteiger partial charge in [-0.1, -0.05) is 6.07 Å². The third kappa shape index (κ3) is 2.76. The molecule has 110 valence electrons. The van der Waals surface area contributed by atoms with Gasteiger partial charge in [0.15, 0.2) is 0 Å². The number of sulfonamides is 1. The minimum atomic E-state index is -3.96. The van der Waals surface area contributed by atoms with Crippen LogP contribution in [0.4, 0.5) is 10.1 Å². The molecule has 0 amide bonds. The van der Waals surface area contributed by atoms with E-state index in [0.717, 1.165) is 22.5 Å². The van der Waals surface area contributed by atoms with Crippen molar-refractivity contribution in [3.63, 3.8) is 0 Å². The molecule has 0 radical (unpaired) electrons. The molecule has 0 spiro atoms. The zero-order valence-electron chi connectivity index (χ0n) is 11.5. The molecule has 0 aromatic heterocycles. The van der Waals surface area contributed by atoms with E-state index in [0.29, 0.717) is 11.3 Å².